The maximum atomic E-state index is 11.2. The Kier molecular flexibility index (Phi) is 4.36. The SMILES string of the molecule is CC1CC(C(=O)O)CCN1C1CCc2cc(Br)ccc2C1. The van der Waals surface area contributed by atoms with Gasteiger partial charge in [-0.3, -0.25) is 9.69 Å². The van der Waals surface area contributed by atoms with Crippen LogP contribution in [0.25, 0.3) is 0 Å². The van der Waals surface area contributed by atoms with Crippen LogP contribution in [0.3, 0.4) is 0 Å². The Hall–Kier alpha value is -0.870. The molecular weight excluding hydrogens is 330 g/mol. The first-order chi connectivity index (χ1) is 10.0. The van der Waals surface area contributed by atoms with Gasteiger partial charge in [-0.1, -0.05) is 22.0 Å². The Morgan fingerprint density at radius 2 is 2.14 bits per heavy atom. The molecule has 3 nitrogen and oxygen atoms in total. The van der Waals surface area contributed by atoms with E-state index in [2.05, 4.69) is 46.0 Å². The van der Waals surface area contributed by atoms with Crippen LogP contribution in [0.2, 0.25) is 0 Å². The number of carboxylic acids is 1. The lowest BCUT2D eigenvalue weighted by molar-refractivity contribution is -0.144. The lowest BCUT2D eigenvalue weighted by atomic mass is 9.84. The minimum absolute atomic E-state index is 0.150. The molecule has 3 unspecified atom stereocenters. The normalized spacial score (nSPS) is 29.9. The highest BCUT2D eigenvalue weighted by molar-refractivity contribution is 9.10. The number of hydrogen-bond acceptors (Lipinski definition) is 2. The molecule has 0 aromatic heterocycles. The summed E-state index contributed by atoms with van der Waals surface area (Å²) in [5.41, 5.74) is 2.93. The molecule has 0 spiro atoms. The summed E-state index contributed by atoms with van der Waals surface area (Å²) >= 11 is 3.55. The van der Waals surface area contributed by atoms with Crippen LogP contribution in [0, 0.1) is 5.92 Å². The van der Waals surface area contributed by atoms with Crippen molar-refractivity contribution in [3.8, 4) is 0 Å². The third-order valence-electron chi connectivity index (χ3n) is 5.12. The van der Waals surface area contributed by atoms with Gasteiger partial charge in [-0.2, -0.15) is 0 Å². The number of fused-ring (bicyclic) bond motifs is 1. The summed E-state index contributed by atoms with van der Waals surface area (Å²) < 4.78 is 1.16. The molecule has 0 saturated carbocycles. The Morgan fingerprint density at radius 3 is 2.86 bits per heavy atom. The summed E-state index contributed by atoms with van der Waals surface area (Å²) in [7, 11) is 0. The molecule has 21 heavy (non-hydrogen) atoms. The molecule has 2 aliphatic rings. The van der Waals surface area contributed by atoms with E-state index in [1.807, 2.05) is 0 Å². The van der Waals surface area contributed by atoms with Crippen molar-refractivity contribution in [3.63, 3.8) is 0 Å². The Morgan fingerprint density at radius 1 is 1.33 bits per heavy atom. The van der Waals surface area contributed by atoms with Crippen molar-refractivity contribution in [1.82, 2.24) is 4.90 Å². The van der Waals surface area contributed by atoms with E-state index in [1.165, 1.54) is 17.5 Å². The van der Waals surface area contributed by atoms with Crippen molar-refractivity contribution in [3.05, 3.63) is 33.8 Å². The van der Waals surface area contributed by atoms with E-state index in [0.717, 1.165) is 36.7 Å². The first-order valence-corrected chi connectivity index (χ1v) is 8.59. The fraction of sp³-hybridized carbons (Fsp3) is 0.588. The van der Waals surface area contributed by atoms with Gasteiger partial charge in [0.1, 0.15) is 0 Å². The van der Waals surface area contributed by atoms with Crippen molar-refractivity contribution in [2.45, 2.75) is 51.1 Å². The minimum Gasteiger partial charge on any atom is -0.481 e. The summed E-state index contributed by atoms with van der Waals surface area (Å²) in [4.78, 5) is 13.7. The standard InChI is InChI=1S/C17H22BrNO2/c1-11-8-14(17(20)21)6-7-19(11)16-5-3-12-9-15(18)4-2-13(12)10-16/h2,4,9,11,14,16H,3,5-8,10H2,1H3,(H,20,21). The van der Waals surface area contributed by atoms with Crippen LogP contribution in [0.4, 0.5) is 0 Å². The number of halogens is 1. The Bertz CT molecular complexity index is 546. The van der Waals surface area contributed by atoms with Gasteiger partial charge in [-0.25, -0.2) is 0 Å². The quantitative estimate of drug-likeness (QED) is 0.886. The second-order valence-corrected chi connectivity index (χ2v) is 7.37. The number of aliphatic carboxylic acids is 1. The zero-order valence-corrected chi connectivity index (χ0v) is 14.0. The predicted octanol–water partition coefficient (Wildman–Crippen LogP) is 3.49. The number of nitrogens with zero attached hydrogens (tertiary/aromatic N) is 1. The molecule has 1 heterocycles. The molecule has 0 bridgehead atoms. The zero-order valence-electron chi connectivity index (χ0n) is 12.4. The van der Waals surface area contributed by atoms with Crippen LogP contribution < -0.4 is 0 Å². The largest absolute Gasteiger partial charge is 0.481 e. The van der Waals surface area contributed by atoms with Gasteiger partial charge in [0.2, 0.25) is 0 Å². The van der Waals surface area contributed by atoms with Crippen molar-refractivity contribution < 1.29 is 9.90 Å². The smallest absolute Gasteiger partial charge is 0.306 e. The molecule has 114 valence electrons. The van der Waals surface area contributed by atoms with E-state index in [0.29, 0.717) is 12.1 Å². The highest BCUT2D eigenvalue weighted by Crippen LogP contribution is 2.32. The molecule has 3 atom stereocenters. The molecule has 1 aliphatic carbocycles. The number of likely N-dealkylation sites (tertiary alicyclic amines) is 1. The molecule has 0 amide bonds. The highest BCUT2D eigenvalue weighted by Gasteiger charge is 2.34. The molecular formula is C17H22BrNO2. The fourth-order valence-corrected chi connectivity index (χ4v) is 4.35. The molecule has 1 fully saturated rings. The topological polar surface area (TPSA) is 40.5 Å². The first kappa shape index (κ1) is 15.0. The molecule has 1 N–H and O–H groups in total. The molecule has 1 aliphatic heterocycles. The number of hydrogen-bond donors (Lipinski definition) is 1. The molecule has 1 saturated heterocycles. The van der Waals surface area contributed by atoms with Gasteiger partial charge in [0.25, 0.3) is 0 Å². The molecule has 3 rings (SSSR count). The second-order valence-electron chi connectivity index (χ2n) is 6.46. The van der Waals surface area contributed by atoms with Gasteiger partial charge < -0.3 is 5.11 Å². The van der Waals surface area contributed by atoms with E-state index in [4.69, 9.17) is 0 Å². The maximum Gasteiger partial charge on any atom is 0.306 e. The average Bonchev–Trinajstić information content (AvgIpc) is 2.46. The van der Waals surface area contributed by atoms with Crippen molar-refractivity contribution >= 4 is 21.9 Å². The molecule has 1 aromatic carbocycles. The van der Waals surface area contributed by atoms with Crippen LogP contribution >= 0.6 is 15.9 Å². The first-order valence-electron chi connectivity index (χ1n) is 7.80. The fourth-order valence-electron chi connectivity index (χ4n) is 3.94. The monoisotopic (exact) mass is 351 g/mol. The Balaban J connectivity index is 1.69. The summed E-state index contributed by atoms with van der Waals surface area (Å²) in [6.07, 6.45) is 5.00. The van der Waals surface area contributed by atoms with Crippen LogP contribution in [0.15, 0.2) is 22.7 Å². The summed E-state index contributed by atoms with van der Waals surface area (Å²) in [6, 6.07) is 7.55. The predicted molar refractivity (Wildman–Crippen MR) is 86.5 cm³/mol. The van der Waals surface area contributed by atoms with Gasteiger partial charge in [0, 0.05) is 16.6 Å². The summed E-state index contributed by atoms with van der Waals surface area (Å²) in [5.74, 6) is -0.775. The number of aryl methyl sites for hydroxylation is 1. The number of benzene rings is 1. The van der Waals surface area contributed by atoms with E-state index >= 15 is 0 Å². The number of carboxylic acid groups (broad SMARTS) is 1. The average molecular weight is 352 g/mol. The number of piperidine rings is 1. The van der Waals surface area contributed by atoms with Crippen LogP contribution in [0.1, 0.15) is 37.3 Å². The van der Waals surface area contributed by atoms with Gasteiger partial charge in [0.15, 0.2) is 0 Å². The van der Waals surface area contributed by atoms with E-state index in [9.17, 15) is 9.90 Å². The number of carbonyl (C=O) groups is 1. The minimum atomic E-state index is -0.625. The van der Waals surface area contributed by atoms with Crippen molar-refractivity contribution in [2.75, 3.05) is 6.54 Å². The van der Waals surface area contributed by atoms with E-state index in [-0.39, 0.29) is 5.92 Å². The van der Waals surface area contributed by atoms with Crippen LogP contribution in [-0.4, -0.2) is 34.6 Å². The van der Waals surface area contributed by atoms with Gasteiger partial charge >= 0.3 is 5.97 Å². The third-order valence-corrected chi connectivity index (χ3v) is 5.61. The zero-order chi connectivity index (χ0) is 15.0. The molecule has 4 heteroatoms. The van der Waals surface area contributed by atoms with Crippen LogP contribution in [0.5, 0.6) is 0 Å². The highest BCUT2D eigenvalue weighted by atomic mass is 79.9. The second kappa shape index (κ2) is 6.09. The van der Waals surface area contributed by atoms with Crippen molar-refractivity contribution in [2.24, 2.45) is 5.92 Å². The lowest BCUT2D eigenvalue weighted by Crippen LogP contribution is -2.50. The molecule has 0 radical (unpaired) electrons. The summed E-state index contributed by atoms with van der Waals surface area (Å²) in [6.45, 7) is 3.11. The van der Waals surface area contributed by atoms with Crippen molar-refractivity contribution in [1.29, 1.82) is 0 Å². The number of rotatable bonds is 2. The Labute approximate surface area is 134 Å². The van der Waals surface area contributed by atoms with Gasteiger partial charge in [-0.15, -0.1) is 0 Å². The third kappa shape index (κ3) is 3.16. The van der Waals surface area contributed by atoms with Crippen LogP contribution in [-0.2, 0) is 17.6 Å². The lowest BCUT2D eigenvalue weighted by Gasteiger charge is -2.43. The molecule has 1 aromatic rings. The van der Waals surface area contributed by atoms with E-state index in [1.54, 1.807) is 0 Å². The van der Waals surface area contributed by atoms with Gasteiger partial charge in [0.05, 0.1) is 5.92 Å². The summed E-state index contributed by atoms with van der Waals surface area (Å²) in [5, 5.41) is 9.19. The van der Waals surface area contributed by atoms with E-state index < -0.39 is 5.97 Å². The maximum absolute atomic E-state index is 11.2. The van der Waals surface area contributed by atoms with Gasteiger partial charge in [-0.05, 0) is 68.8 Å².